The van der Waals surface area contributed by atoms with Gasteiger partial charge in [0.2, 0.25) is 5.76 Å². The predicted octanol–water partition coefficient (Wildman–Crippen LogP) is 1.71. The van der Waals surface area contributed by atoms with Crippen molar-refractivity contribution in [1.82, 2.24) is 4.90 Å². The molecule has 0 saturated heterocycles. The van der Waals surface area contributed by atoms with Gasteiger partial charge in [0.1, 0.15) is 0 Å². The summed E-state index contributed by atoms with van der Waals surface area (Å²) in [6.45, 7) is 1.55. The highest BCUT2D eigenvalue weighted by atomic mass is 16.4. The van der Waals surface area contributed by atoms with E-state index >= 15 is 0 Å². The fraction of sp³-hybridized carbons (Fsp3) is 0.615. The topological polar surface area (TPSA) is 73.9 Å². The minimum Gasteiger partial charge on any atom is -0.475 e. The first kappa shape index (κ1) is 13.1. The first-order chi connectivity index (χ1) is 8.72. The number of aromatic carboxylic acids is 1. The van der Waals surface area contributed by atoms with Crippen LogP contribution in [0, 0.1) is 0 Å². The van der Waals surface area contributed by atoms with Crippen molar-refractivity contribution >= 4 is 5.97 Å². The summed E-state index contributed by atoms with van der Waals surface area (Å²) in [6, 6.07) is 2.24. The Kier molecular flexibility index (Phi) is 4.38. The van der Waals surface area contributed by atoms with Crippen LogP contribution in [-0.2, 0) is 6.54 Å². The molecule has 1 aromatic rings. The fourth-order valence-electron chi connectivity index (χ4n) is 2.28. The van der Waals surface area contributed by atoms with Gasteiger partial charge in [0, 0.05) is 31.3 Å². The molecule has 0 amide bonds. The van der Waals surface area contributed by atoms with E-state index in [0.717, 1.165) is 25.8 Å². The number of furan rings is 1. The average molecular weight is 253 g/mol. The van der Waals surface area contributed by atoms with Crippen LogP contribution in [-0.4, -0.2) is 40.3 Å². The third-order valence-corrected chi connectivity index (χ3v) is 3.51. The summed E-state index contributed by atoms with van der Waals surface area (Å²) in [5.41, 5.74) is 0.715. The van der Waals surface area contributed by atoms with Crippen LogP contribution in [0.25, 0.3) is 0 Å². The minimum atomic E-state index is -1.02. The van der Waals surface area contributed by atoms with E-state index in [9.17, 15) is 4.79 Å². The van der Waals surface area contributed by atoms with Crippen LogP contribution in [0.5, 0.6) is 0 Å². The van der Waals surface area contributed by atoms with Gasteiger partial charge in [-0.3, -0.25) is 4.90 Å². The normalized spacial score (nSPS) is 15.9. The molecule has 18 heavy (non-hydrogen) atoms. The second-order valence-electron chi connectivity index (χ2n) is 4.71. The number of carboxylic acid groups (broad SMARTS) is 1. The maximum absolute atomic E-state index is 11.0. The Morgan fingerprint density at radius 1 is 1.50 bits per heavy atom. The molecule has 2 N–H and O–H groups in total. The van der Waals surface area contributed by atoms with E-state index in [-0.39, 0.29) is 12.4 Å². The zero-order chi connectivity index (χ0) is 13.0. The van der Waals surface area contributed by atoms with Gasteiger partial charge in [0.15, 0.2) is 0 Å². The highest BCUT2D eigenvalue weighted by molar-refractivity contribution is 5.86. The molecule has 0 radical (unpaired) electrons. The lowest BCUT2D eigenvalue weighted by Crippen LogP contribution is -2.40. The van der Waals surface area contributed by atoms with Crippen LogP contribution in [0.4, 0.5) is 0 Å². The summed E-state index contributed by atoms with van der Waals surface area (Å²) in [6.07, 6.45) is 5.69. The number of aliphatic hydroxyl groups is 1. The molecule has 0 aromatic carbocycles. The Morgan fingerprint density at radius 3 is 2.83 bits per heavy atom. The van der Waals surface area contributed by atoms with Crippen molar-refractivity contribution in [3.05, 3.63) is 23.7 Å². The molecule has 1 aromatic heterocycles. The molecule has 1 fully saturated rings. The Morgan fingerprint density at radius 2 is 2.28 bits per heavy atom. The van der Waals surface area contributed by atoms with Crippen molar-refractivity contribution in [1.29, 1.82) is 0 Å². The Labute approximate surface area is 106 Å². The van der Waals surface area contributed by atoms with Crippen LogP contribution in [0.1, 0.15) is 41.8 Å². The first-order valence-corrected chi connectivity index (χ1v) is 6.37. The molecular weight excluding hydrogens is 234 g/mol. The highest BCUT2D eigenvalue weighted by Crippen LogP contribution is 2.27. The van der Waals surface area contributed by atoms with Crippen molar-refractivity contribution in [3.63, 3.8) is 0 Å². The average Bonchev–Trinajstić information content (AvgIpc) is 2.71. The summed E-state index contributed by atoms with van der Waals surface area (Å²) in [5.74, 6) is -0.992. The second kappa shape index (κ2) is 6.02. The van der Waals surface area contributed by atoms with Crippen molar-refractivity contribution < 1.29 is 19.4 Å². The van der Waals surface area contributed by atoms with E-state index in [1.807, 2.05) is 0 Å². The molecule has 0 atom stereocenters. The number of carboxylic acids is 1. The molecule has 5 nitrogen and oxygen atoms in total. The molecule has 5 heteroatoms. The third-order valence-electron chi connectivity index (χ3n) is 3.51. The highest BCUT2D eigenvalue weighted by Gasteiger charge is 2.26. The number of aliphatic hydroxyl groups excluding tert-OH is 1. The van der Waals surface area contributed by atoms with E-state index in [2.05, 4.69) is 4.90 Å². The smallest absolute Gasteiger partial charge is 0.372 e. The molecule has 1 saturated carbocycles. The standard InChI is InChI=1S/C13H19NO4/c15-7-2-6-14(11-3-1-4-11)9-10-5-8-18-12(10)13(16)17/h5,8,11,15H,1-4,6-7,9H2,(H,16,17). The van der Waals surface area contributed by atoms with Gasteiger partial charge in [-0.25, -0.2) is 4.79 Å². The Hall–Kier alpha value is -1.33. The van der Waals surface area contributed by atoms with Crippen LogP contribution in [0.2, 0.25) is 0 Å². The molecule has 1 heterocycles. The molecule has 2 rings (SSSR count). The number of hydrogen-bond acceptors (Lipinski definition) is 4. The Balaban J connectivity index is 2.02. The molecule has 0 bridgehead atoms. The SMILES string of the molecule is O=C(O)c1occc1CN(CCCO)C1CCC1. The van der Waals surface area contributed by atoms with Crippen molar-refractivity contribution in [2.24, 2.45) is 0 Å². The van der Waals surface area contributed by atoms with Crippen molar-refractivity contribution in [2.45, 2.75) is 38.3 Å². The van der Waals surface area contributed by atoms with E-state index in [1.54, 1.807) is 6.07 Å². The maximum Gasteiger partial charge on any atom is 0.372 e. The second-order valence-corrected chi connectivity index (χ2v) is 4.71. The molecule has 0 aliphatic heterocycles. The van der Waals surface area contributed by atoms with Gasteiger partial charge in [-0.2, -0.15) is 0 Å². The number of carbonyl (C=O) groups is 1. The minimum absolute atomic E-state index is 0.0309. The number of hydrogen-bond donors (Lipinski definition) is 2. The van der Waals surface area contributed by atoms with E-state index in [1.165, 1.54) is 12.7 Å². The van der Waals surface area contributed by atoms with Crippen LogP contribution in [0.15, 0.2) is 16.7 Å². The monoisotopic (exact) mass is 253 g/mol. The molecule has 0 unspecified atom stereocenters. The van der Waals surface area contributed by atoms with Crippen LogP contribution in [0.3, 0.4) is 0 Å². The largest absolute Gasteiger partial charge is 0.475 e. The van der Waals surface area contributed by atoms with Gasteiger partial charge in [-0.05, 0) is 25.3 Å². The van der Waals surface area contributed by atoms with Gasteiger partial charge < -0.3 is 14.6 Å². The molecule has 1 aliphatic carbocycles. The van der Waals surface area contributed by atoms with Crippen molar-refractivity contribution in [3.8, 4) is 0 Å². The Bertz CT molecular complexity index is 397. The van der Waals surface area contributed by atoms with Gasteiger partial charge in [0.05, 0.1) is 6.26 Å². The number of rotatable bonds is 7. The molecule has 100 valence electrons. The van der Waals surface area contributed by atoms with E-state index in [4.69, 9.17) is 14.6 Å². The zero-order valence-corrected chi connectivity index (χ0v) is 10.3. The molecule has 0 spiro atoms. The number of nitrogens with zero attached hydrogens (tertiary/aromatic N) is 1. The van der Waals surface area contributed by atoms with Crippen molar-refractivity contribution in [2.75, 3.05) is 13.2 Å². The van der Waals surface area contributed by atoms with Gasteiger partial charge in [0.25, 0.3) is 0 Å². The third kappa shape index (κ3) is 2.91. The molecular formula is C13H19NO4. The summed E-state index contributed by atoms with van der Waals surface area (Å²) < 4.78 is 4.99. The maximum atomic E-state index is 11.0. The van der Waals surface area contributed by atoms with Gasteiger partial charge >= 0.3 is 5.97 Å². The van der Waals surface area contributed by atoms with Gasteiger partial charge in [-0.1, -0.05) is 6.42 Å². The lowest BCUT2D eigenvalue weighted by atomic mass is 9.91. The summed E-state index contributed by atoms with van der Waals surface area (Å²) in [4.78, 5) is 13.2. The van der Waals surface area contributed by atoms with Crippen LogP contribution >= 0.6 is 0 Å². The predicted molar refractivity (Wildman–Crippen MR) is 65.4 cm³/mol. The van der Waals surface area contributed by atoms with E-state index in [0.29, 0.717) is 18.2 Å². The quantitative estimate of drug-likeness (QED) is 0.774. The van der Waals surface area contributed by atoms with E-state index < -0.39 is 5.97 Å². The zero-order valence-electron chi connectivity index (χ0n) is 10.3. The van der Waals surface area contributed by atoms with Gasteiger partial charge in [-0.15, -0.1) is 0 Å². The summed E-state index contributed by atoms with van der Waals surface area (Å²) in [7, 11) is 0. The molecule has 1 aliphatic rings. The summed E-state index contributed by atoms with van der Waals surface area (Å²) >= 11 is 0. The summed E-state index contributed by atoms with van der Waals surface area (Å²) in [5, 5.41) is 17.9. The van der Waals surface area contributed by atoms with Crippen LogP contribution < -0.4 is 0 Å². The lowest BCUT2D eigenvalue weighted by Gasteiger charge is -2.37. The lowest BCUT2D eigenvalue weighted by molar-refractivity contribution is 0.0653. The first-order valence-electron chi connectivity index (χ1n) is 6.37. The fourth-order valence-corrected chi connectivity index (χ4v) is 2.28.